The van der Waals surface area contributed by atoms with Crippen LogP contribution in [0.15, 0.2) is 46.9 Å². The monoisotopic (exact) mass is 359 g/mol. The van der Waals surface area contributed by atoms with Crippen LogP contribution in [0.1, 0.15) is 24.4 Å². The standard InChI is InChI=1S/C18H15F2N3O3/c1-10-4-3-5-12(8-10)17-23-22-16(24-17)11(2)21-13-6-7-14-15(9-13)26-18(19,20)25-14/h3-9,11,21H,1-2H3/t11-/m0/s1. The third kappa shape index (κ3) is 3.17. The summed E-state index contributed by atoms with van der Waals surface area (Å²) in [6.07, 6.45) is -3.64. The molecular weight excluding hydrogens is 344 g/mol. The van der Waals surface area contributed by atoms with E-state index in [4.69, 9.17) is 4.42 Å². The zero-order chi connectivity index (χ0) is 18.3. The lowest BCUT2D eigenvalue weighted by molar-refractivity contribution is -0.286. The van der Waals surface area contributed by atoms with Crippen LogP contribution in [0.5, 0.6) is 11.5 Å². The van der Waals surface area contributed by atoms with E-state index >= 15 is 0 Å². The highest BCUT2D eigenvalue weighted by molar-refractivity contribution is 5.57. The number of hydrogen-bond acceptors (Lipinski definition) is 6. The molecule has 2 heterocycles. The zero-order valence-corrected chi connectivity index (χ0v) is 14.0. The molecule has 1 aliphatic heterocycles. The van der Waals surface area contributed by atoms with Crippen LogP contribution >= 0.6 is 0 Å². The molecule has 8 heteroatoms. The van der Waals surface area contributed by atoms with Crippen LogP contribution in [0, 0.1) is 6.92 Å². The van der Waals surface area contributed by atoms with E-state index < -0.39 is 6.29 Å². The molecule has 0 unspecified atom stereocenters. The number of aromatic nitrogens is 2. The maximum atomic E-state index is 13.1. The van der Waals surface area contributed by atoms with Gasteiger partial charge in [-0.1, -0.05) is 17.7 Å². The minimum Gasteiger partial charge on any atom is -0.418 e. The summed E-state index contributed by atoms with van der Waals surface area (Å²) >= 11 is 0. The van der Waals surface area contributed by atoms with E-state index in [1.54, 1.807) is 6.07 Å². The minimum absolute atomic E-state index is 0.00673. The molecule has 0 radical (unpaired) electrons. The van der Waals surface area contributed by atoms with Gasteiger partial charge in [0, 0.05) is 17.3 Å². The molecule has 134 valence electrons. The van der Waals surface area contributed by atoms with Crippen molar-refractivity contribution in [2.75, 3.05) is 5.32 Å². The second kappa shape index (κ2) is 5.98. The normalized spacial score (nSPS) is 15.7. The molecule has 0 amide bonds. The van der Waals surface area contributed by atoms with Gasteiger partial charge < -0.3 is 19.2 Å². The number of hydrogen-bond donors (Lipinski definition) is 1. The van der Waals surface area contributed by atoms with Gasteiger partial charge in [-0.2, -0.15) is 0 Å². The molecule has 0 fully saturated rings. The van der Waals surface area contributed by atoms with Gasteiger partial charge in [0.1, 0.15) is 6.04 Å². The van der Waals surface area contributed by atoms with E-state index in [1.165, 1.54) is 12.1 Å². The fourth-order valence-electron chi connectivity index (χ4n) is 2.65. The molecule has 0 saturated heterocycles. The Bertz CT molecular complexity index is 958. The van der Waals surface area contributed by atoms with Gasteiger partial charge in [-0.25, -0.2) is 0 Å². The van der Waals surface area contributed by atoms with Crippen LogP contribution in [0.2, 0.25) is 0 Å². The number of benzene rings is 2. The van der Waals surface area contributed by atoms with E-state index in [1.807, 2.05) is 38.1 Å². The summed E-state index contributed by atoms with van der Waals surface area (Å²) in [6, 6.07) is 11.9. The van der Waals surface area contributed by atoms with E-state index in [0.29, 0.717) is 17.5 Å². The summed E-state index contributed by atoms with van der Waals surface area (Å²) in [6.45, 7) is 3.81. The van der Waals surface area contributed by atoms with Crippen molar-refractivity contribution in [2.45, 2.75) is 26.2 Å². The van der Waals surface area contributed by atoms with Gasteiger partial charge in [0.05, 0.1) is 0 Å². The largest absolute Gasteiger partial charge is 0.586 e. The molecule has 6 nitrogen and oxygen atoms in total. The SMILES string of the molecule is Cc1cccc(-c2nnc([C@H](C)Nc3ccc4c(c3)OC(F)(F)O4)o2)c1. The third-order valence-electron chi connectivity index (χ3n) is 3.86. The molecule has 1 atom stereocenters. The first-order valence-corrected chi connectivity index (χ1v) is 7.96. The fourth-order valence-corrected chi connectivity index (χ4v) is 2.65. The van der Waals surface area contributed by atoms with E-state index in [0.717, 1.165) is 11.1 Å². The fraction of sp³-hybridized carbons (Fsp3) is 0.222. The molecule has 0 bridgehead atoms. The van der Waals surface area contributed by atoms with Crippen LogP contribution in [-0.4, -0.2) is 16.5 Å². The number of fused-ring (bicyclic) bond motifs is 1. The third-order valence-corrected chi connectivity index (χ3v) is 3.86. The average Bonchev–Trinajstić information content (AvgIpc) is 3.17. The Kier molecular flexibility index (Phi) is 3.75. The van der Waals surface area contributed by atoms with Gasteiger partial charge >= 0.3 is 6.29 Å². The molecular formula is C18H15F2N3O3. The number of aryl methyl sites for hydroxylation is 1. The number of nitrogens with zero attached hydrogens (tertiary/aromatic N) is 2. The number of alkyl halides is 2. The molecule has 0 spiro atoms. The molecule has 26 heavy (non-hydrogen) atoms. The lowest BCUT2D eigenvalue weighted by atomic mass is 10.1. The number of nitrogens with one attached hydrogen (secondary N) is 1. The quantitative estimate of drug-likeness (QED) is 0.738. The van der Waals surface area contributed by atoms with Gasteiger partial charge in [0.25, 0.3) is 0 Å². The molecule has 1 aromatic heterocycles. The van der Waals surface area contributed by atoms with E-state index in [-0.39, 0.29) is 17.5 Å². The highest BCUT2D eigenvalue weighted by Crippen LogP contribution is 2.42. The zero-order valence-electron chi connectivity index (χ0n) is 14.0. The summed E-state index contributed by atoms with van der Waals surface area (Å²) in [5.74, 6) is 0.762. The van der Waals surface area contributed by atoms with E-state index in [9.17, 15) is 8.78 Å². The van der Waals surface area contributed by atoms with Crippen LogP contribution < -0.4 is 14.8 Å². The van der Waals surface area contributed by atoms with Crippen molar-refractivity contribution < 1.29 is 22.7 Å². The molecule has 2 aromatic carbocycles. The second-order valence-corrected chi connectivity index (χ2v) is 6.01. The minimum atomic E-state index is -3.64. The van der Waals surface area contributed by atoms with Gasteiger partial charge in [-0.3, -0.25) is 0 Å². The lowest BCUT2D eigenvalue weighted by Crippen LogP contribution is -2.25. The second-order valence-electron chi connectivity index (χ2n) is 6.01. The maximum absolute atomic E-state index is 13.1. The van der Waals surface area contributed by atoms with Crippen molar-refractivity contribution in [2.24, 2.45) is 0 Å². The Labute approximate surface area is 147 Å². The predicted octanol–water partition coefficient (Wildman–Crippen LogP) is 4.54. The Hall–Kier alpha value is -3.16. The van der Waals surface area contributed by atoms with Crippen LogP contribution in [0.3, 0.4) is 0 Å². The molecule has 1 N–H and O–H groups in total. The lowest BCUT2D eigenvalue weighted by Gasteiger charge is -2.11. The first-order chi connectivity index (χ1) is 12.4. The van der Waals surface area contributed by atoms with Crippen LogP contribution in [-0.2, 0) is 0 Å². The van der Waals surface area contributed by atoms with Crippen LogP contribution in [0.4, 0.5) is 14.5 Å². The van der Waals surface area contributed by atoms with Crippen molar-refractivity contribution in [3.05, 3.63) is 53.9 Å². The molecule has 0 saturated carbocycles. The summed E-state index contributed by atoms with van der Waals surface area (Å²) < 4.78 is 40.7. The van der Waals surface area contributed by atoms with Crippen molar-refractivity contribution in [3.63, 3.8) is 0 Å². The molecule has 1 aliphatic rings. The predicted molar refractivity (Wildman–Crippen MR) is 89.2 cm³/mol. The summed E-state index contributed by atoms with van der Waals surface area (Å²) in [5.41, 5.74) is 2.49. The summed E-state index contributed by atoms with van der Waals surface area (Å²) in [4.78, 5) is 0. The first-order valence-electron chi connectivity index (χ1n) is 7.96. The van der Waals surface area contributed by atoms with Gasteiger partial charge in [0.15, 0.2) is 11.5 Å². The Morgan fingerprint density at radius 3 is 2.65 bits per heavy atom. The smallest absolute Gasteiger partial charge is 0.418 e. The Morgan fingerprint density at radius 1 is 1.04 bits per heavy atom. The van der Waals surface area contributed by atoms with E-state index in [2.05, 4.69) is 25.0 Å². The number of anilines is 1. The van der Waals surface area contributed by atoms with Crippen molar-refractivity contribution in [1.82, 2.24) is 10.2 Å². The van der Waals surface area contributed by atoms with Gasteiger partial charge in [-0.15, -0.1) is 19.0 Å². The molecule has 3 aromatic rings. The summed E-state index contributed by atoms with van der Waals surface area (Å²) in [7, 11) is 0. The molecule has 4 rings (SSSR count). The van der Waals surface area contributed by atoms with Crippen molar-refractivity contribution in [1.29, 1.82) is 0 Å². The highest BCUT2D eigenvalue weighted by atomic mass is 19.3. The topological polar surface area (TPSA) is 69.4 Å². The Balaban J connectivity index is 1.50. The van der Waals surface area contributed by atoms with Gasteiger partial charge in [-0.05, 0) is 38.1 Å². The van der Waals surface area contributed by atoms with Crippen molar-refractivity contribution in [3.8, 4) is 23.0 Å². The van der Waals surface area contributed by atoms with Gasteiger partial charge in [0.2, 0.25) is 11.8 Å². The Morgan fingerprint density at radius 2 is 1.85 bits per heavy atom. The van der Waals surface area contributed by atoms with Crippen molar-refractivity contribution >= 4 is 5.69 Å². The van der Waals surface area contributed by atoms with Crippen LogP contribution in [0.25, 0.3) is 11.5 Å². The molecule has 0 aliphatic carbocycles. The first kappa shape index (κ1) is 16.3. The number of halogens is 2. The summed E-state index contributed by atoms with van der Waals surface area (Å²) in [5, 5.41) is 11.2. The number of rotatable bonds is 4. The number of ether oxygens (including phenoxy) is 2. The maximum Gasteiger partial charge on any atom is 0.586 e. The highest BCUT2D eigenvalue weighted by Gasteiger charge is 2.43. The average molecular weight is 359 g/mol.